The lowest BCUT2D eigenvalue weighted by Crippen LogP contribution is -2.37. The number of nitrogens with one attached hydrogen (secondary N) is 2. The molecule has 0 unspecified atom stereocenters. The Bertz CT molecular complexity index is 782. The van der Waals surface area contributed by atoms with Gasteiger partial charge in [-0.3, -0.25) is 9.79 Å². The summed E-state index contributed by atoms with van der Waals surface area (Å²) >= 11 is 1.71. The molecule has 0 aliphatic rings. The van der Waals surface area contributed by atoms with E-state index < -0.39 is 0 Å². The van der Waals surface area contributed by atoms with Crippen molar-refractivity contribution in [3.05, 3.63) is 65.5 Å². The predicted octanol–water partition coefficient (Wildman–Crippen LogP) is 3.99. The van der Waals surface area contributed by atoms with Crippen molar-refractivity contribution in [2.75, 3.05) is 33.4 Å². The first-order valence-corrected chi connectivity index (χ1v) is 10.1. The molecule has 29 heavy (non-hydrogen) atoms. The minimum atomic E-state index is -0.208. The monoisotopic (exact) mass is 530 g/mol. The van der Waals surface area contributed by atoms with Crippen LogP contribution in [0.1, 0.15) is 22.3 Å². The van der Waals surface area contributed by atoms with Crippen molar-refractivity contribution in [1.29, 1.82) is 0 Å². The van der Waals surface area contributed by atoms with Crippen LogP contribution in [0.3, 0.4) is 0 Å². The van der Waals surface area contributed by atoms with Crippen LogP contribution in [-0.2, 0) is 6.54 Å². The van der Waals surface area contributed by atoms with E-state index in [2.05, 4.69) is 15.6 Å². The number of hydrogen-bond donors (Lipinski definition) is 2. The minimum absolute atomic E-state index is 0. The number of carbonyl (C=O) groups excluding carboxylic acids is 1. The van der Waals surface area contributed by atoms with Crippen molar-refractivity contribution < 1.29 is 9.18 Å². The molecule has 2 aromatic carbocycles. The van der Waals surface area contributed by atoms with Gasteiger partial charge in [0.25, 0.3) is 5.91 Å². The molecule has 2 rings (SSSR count). The van der Waals surface area contributed by atoms with E-state index in [0.29, 0.717) is 12.1 Å². The Morgan fingerprint density at radius 1 is 1.07 bits per heavy atom. The summed E-state index contributed by atoms with van der Waals surface area (Å²) in [5.41, 5.74) is 1.75. The van der Waals surface area contributed by atoms with Crippen LogP contribution >= 0.6 is 35.7 Å². The van der Waals surface area contributed by atoms with Gasteiger partial charge < -0.3 is 15.5 Å². The molecule has 8 heteroatoms. The third kappa shape index (κ3) is 9.03. The molecule has 0 aliphatic heterocycles. The van der Waals surface area contributed by atoms with Crippen molar-refractivity contribution >= 4 is 47.6 Å². The molecule has 0 radical (unpaired) electrons. The molecule has 0 saturated carbocycles. The number of carbonyl (C=O) groups is 1. The van der Waals surface area contributed by atoms with Crippen molar-refractivity contribution in [1.82, 2.24) is 15.5 Å². The fourth-order valence-electron chi connectivity index (χ4n) is 2.43. The summed E-state index contributed by atoms with van der Waals surface area (Å²) in [5.74, 6) is 1.47. The molecule has 158 valence electrons. The molecule has 0 aliphatic carbocycles. The molecule has 1 amide bonds. The summed E-state index contributed by atoms with van der Waals surface area (Å²) in [4.78, 5) is 18.8. The van der Waals surface area contributed by atoms with Gasteiger partial charge in [0, 0.05) is 44.7 Å². The molecule has 2 N–H and O–H groups in total. The van der Waals surface area contributed by atoms with E-state index in [1.54, 1.807) is 49.9 Å². The van der Waals surface area contributed by atoms with E-state index in [9.17, 15) is 9.18 Å². The first kappa shape index (κ1) is 25.2. The van der Waals surface area contributed by atoms with Gasteiger partial charge in [-0.25, -0.2) is 4.39 Å². The average molecular weight is 530 g/mol. The van der Waals surface area contributed by atoms with Gasteiger partial charge in [0.1, 0.15) is 5.82 Å². The van der Waals surface area contributed by atoms with Gasteiger partial charge >= 0.3 is 0 Å². The van der Waals surface area contributed by atoms with Crippen molar-refractivity contribution in [3.63, 3.8) is 0 Å². The zero-order valence-electron chi connectivity index (χ0n) is 16.9. The number of benzene rings is 2. The molecule has 0 aromatic heterocycles. The van der Waals surface area contributed by atoms with E-state index in [4.69, 9.17) is 0 Å². The van der Waals surface area contributed by atoms with Crippen molar-refractivity contribution in [2.45, 2.75) is 17.9 Å². The molecule has 0 bridgehead atoms. The summed E-state index contributed by atoms with van der Waals surface area (Å²) in [6.45, 7) is 1.42. The smallest absolute Gasteiger partial charge is 0.253 e. The molecular weight excluding hydrogens is 502 g/mol. The van der Waals surface area contributed by atoms with Crippen molar-refractivity contribution in [3.8, 4) is 0 Å². The fourth-order valence-corrected chi connectivity index (χ4v) is 3.28. The third-order valence-corrected chi connectivity index (χ3v) is 5.08. The molecular formula is C21H28FIN4OS. The van der Waals surface area contributed by atoms with Gasteiger partial charge in [0.15, 0.2) is 5.96 Å². The molecule has 5 nitrogen and oxygen atoms in total. The minimum Gasteiger partial charge on any atom is -0.356 e. The van der Waals surface area contributed by atoms with Crippen LogP contribution < -0.4 is 10.6 Å². The van der Waals surface area contributed by atoms with Crippen LogP contribution in [0.25, 0.3) is 0 Å². The number of hydrogen-bond acceptors (Lipinski definition) is 3. The van der Waals surface area contributed by atoms with Gasteiger partial charge in [0.2, 0.25) is 0 Å². The van der Waals surface area contributed by atoms with Crippen molar-refractivity contribution in [2.24, 2.45) is 4.99 Å². The summed E-state index contributed by atoms with van der Waals surface area (Å²) in [6.07, 6.45) is 0.962. The number of nitrogens with zero attached hydrogens (tertiary/aromatic N) is 2. The molecule has 0 spiro atoms. The van der Waals surface area contributed by atoms with Crippen LogP contribution in [0.5, 0.6) is 0 Å². The van der Waals surface area contributed by atoms with Gasteiger partial charge in [-0.15, -0.1) is 35.7 Å². The first-order valence-electron chi connectivity index (χ1n) is 9.13. The molecule has 0 atom stereocenters. The van der Waals surface area contributed by atoms with Gasteiger partial charge in [-0.2, -0.15) is 0 Å². The number of amides is 1. The lowest BCUT2D eigenvalue weighted by atomic mass is 10.1. The second-order valence-corrected chi connectivity index (χ2v) is 7.57. The number of rotatable bonds is 8. The maximum atomic E-state index is 12.9. The highest BCUT2D eigenvalue weighted by molar-refractivity contribution is 14.0. The molecule has 0 heterocycles. The summed E-state index contributed by atoms with van der Waals surface area (Å²) in [5, 5.41) is 6.55. The molecule has 0 fully saturated rings. The second kappa shape index (κ2) is 13.4. The normalized spacial score (nSPS) is 10.8. The van der Waals surface area contributed by atoms with E-state index in [1.807, 2.05) is 24.3 Å². The zero-order chi connectivity index (χ0) is 20.4. The fraction of sp³-hybridized carbons (Fsp3) is 0.333. The maximum absolute atomic E-state index is 12.9. The van der Waals surface area contributed by atoms with E-state index in [1.165, 1.54) is 12.1 Å². The predicted molar refractivity (Wildman–Crippen MR) is 130 cm³/mol. The highest BCUT2D eigenvalue weighted by atomic mass is 127. The summed E-state index contributed by atoms with van der Waals surface area (Å²) < 4.78 is 12.9. The second-order valence-electron chi connectivity index (χ2n) is 6.40. The number of guanidine groups is 1. The Balaban J connectivity index is 0.00000420. The summed E-state index contributed by atoms with van der Waals surface area (Å²) in [7, 11) is 5.22. The highest BCUT2D eigenvalue weighted by Crippen LogP contribution is 2.18. The zero-order valence-corrected chi connectivity index (χ0v) is 20.1. The Kier molecular flexibility index (Phi) is 11.7. The molecule has 0 saturated heterocycles. The Morgan fingerprint density at radius 2 is 1.72 bits per heavy atom. The van der Waals surface area contributed by atoms with E-state index in [0.717, 1.165) is 35.1 Å². The van der Waals surface area contributed by atoms with Crippen LogP contribution in [0.4, 0.5) is 4.39 Å². The number of aliphatic imine (C=N–C) groups is 1. The van der Waals surface area contributed by atoms with Crippen LogP contribution in [0, 0.1) is 5.82 Å². The van der Waals surface area contributed by atoms with E-state index in [-0.39, 0.29) is 35.7 Å². The SMILES string of the molecule is CN=C(NCCCSc1ccc(F)cc1)NCc1ccc(C(=O)N(C)C)cc1.I. The Hall–Kier alpha value is -1.81. The standard InChI is InChI=1S/C21H27FN4OS.HI/c1-23-21(24-13-4-14-28-19-11-9-18(22)10-12-19)25-15-16-5-7-17(8-6-16)20(27)26(2)3;/h5-12H,4,13-15H2,1-3H3,(H2,23,24,25);1H. The summed E-state index contributed by atoms with van der Waals surface area (Å²) in [6, 6.07) is 14.1. The largest absolute Gasteiger partial charge is 0.356 e. The first-order chi connectivity index (χ1) is 13.5. The quantitative estimate of drug-likeness (QED) is 0.178. The van der Waals surface area contributed by atoms with Gasteiger partial charge in [0.05, 0.1) is 0 Å². The maximum Gasteiger partial charge on any atom is 0.253 e. The average Bonchev–Trinajstić information content (AvgIpc) is 2.71. The number of thioether (sulfide) groups is 1. The lowest BCUT2D eigenvalue weighted by Gasteiger charge is -2.13. The van der Waals surface area contributed by atoms with Gasteiger partial charge in [-0.05, 0) is 54.1 Å². The van der Waals surface area contributed by atoms with E-state index >= 15 is 0 Å². The molecule has 2 aromatic rings. The van der Waals surface area contributed by atoms with Gasteiger partial charge in [-0.1, -0.05) is 12.1 Å². The van der Waals surface area contributed by atoms with Crippen LogP contribution in [-0.4, -0.2) is 50.2 Å². The Morgan fingerprint density at radius 3 is 2.31 bits per heavy atom. The topological polar surface area (TPSA) is 56.7 Å². The third-order valence-electron chi connectivity index (χ3n) is 3.99. The van der Waals surface area contributed by atoms with Crippen LogP contribution in [0.15, 0.2) is 58.4 Å². The highest BCUT2D eigenvalue weighted by Gasteiger charge is 2.07. The van der Waals surface area contributed by atoms with Crippen LogP contribution in [0.2, 0.25) is 0 Å². The lowest BCUT2D eigenvalue weighted by molar-refractivity contribution is 0.0827. The number of halogens is 2. The Labute approximate surface area is 193 Å².